The molecule has 0 saturated carbocycles. The Labute approximate surface area is 216 Å². The fourth-order valence-corrected chi connectivity index (χ4v) is 5.55. The van der Waals surface area contributed by atoms with Crippen LogP contribution in [0.1, 0.15) is 42.0 Å². The van der Waals surface area contributed by atoms with E-state index in [9.17, 15) is 33.5 Å². The first-order valence-corrected chi connectivity index (χ1v) is 12.1. The number of benzene rings is 2. The van der Waals surface area contributed by atoms with Crippen molar-refractivity contribution in [3.63, 3.8) is 0 Å². The van der Waals surface area contributed by atoms with E-state index in [0.717, 1.165) is 10.5 Å². The number of carbonyl (C=O) groups excluding carboxylic acids is 4. The summed E-state index contributed by atoms with van der Waals surface area (Å²) in [5, 5.41) is 14.8. The summed E-state index contributed by atoms with van der Waals surface area (Å²) in [4.78, 5) is 65.2. The number of carboxylic acids is 1. The number of carboxylic acid groups (broad SMARTS) is 1. The van der Waals surface area contributed by atoms with Crippen molar-refractivity contribution in [1.82, 2.24) is 15.1 Å². The maximum absolute atomic E-state index is 13.5. The third-order valence-corrected chi connectivity index (χ3v) is 7.35. The van der Waals surface area contributed by atoms with E-state index >= 15 is 0 Å². The quantitative estimate of drug-likeness (QED) is 0.545. The molecule has 0 unspecified atom stereocenters. The zero-order chi connectivity index (χ0) is 27.2. The molecule has 198 valence electrons. The second kappa shape index (κ2) is 9.43. The standard InChI is InChI=1S/C26H25FN4O7/c1-28-24(36)29-17-6-7-18-15(12-17)10-11-26(18)23(35)30(25(37)38-26)13-21(32)31-19(8-9-20(31)22(33)34)14-2-4-16(27)5-3-14/h2-7,12,19-20H,8-11,13H2,1H3,(H,33,34)(H2,28,29,36)/t19-,20-,26-/m1/s1. The van der Waals surface area contributed by atoms with Crippen molar-refractivity contribution < 1.29 is 38.2 Å². The lowest BCUT2D eigenvalue weighted by Gasteiger charge is -2.30. The average Bonchev–Trinajstić information content (AvgIpc) is 3.56. The summed E-state index contributed by atoms with van der Waals surface area (Å²) in [6, 6.07) is 8.10. The predicted octanol–water partition coefficient (Wildman–Crippen LogP) is 2.51. The van der Waals surface area contributed by atoms with Crippen molar-refractivity contribution >= 4 is 35.6 Å². The number of ether oxygens (including phenoxy) is 1. The van der Waals surface area contributed by atoms with Crippen LogP contribution in [0.5, 0.6) is 0 Å². The molecule has 1 spiro atoms. The highest BCUT2D eigenvalue weighted by molar-refractivity contribution is 6.06. The van der Waals surface area contributed by atoms with Crippen LogP contribution in [0.15, 0.2) is 42.5 Å². The molecule has 2 heterocycles. The molecule has 3 atom stereocenters. The number of fused-ring (bicyclic) bond motifs is 2. The van der Waals surface area contributed by atoms with Gasteiger partial charge in [0.15, 0.2) is 0 Å². The lowest BCUT2D eigenvalue weighted by molar-refractivity contribution is -0.151. The highest BCUT2D eigenvalue weighted by atomic mass is 19.1. The minimum absolute atomic E-state index is 0.167. The maximum Gasteiger partial charge on any atom is 0.418 e. The predicted molar refractivity (Wildman–Crippen MR) is 129 cm³/mol. The number of nitrogens with one attached hydrogen (secondary N) is 2. The number of carbonyl (C=O) groups is 5. The van der Waals surface area contributed by atoms with Gasteiger partial charge in [-0.25, -0.2) is 23.7 Å². The number of hydrogen-bond donors (Lipinski definition) is 3. The van der Waals surface area contributed by atoms with E-state index in [4.69, 9.17) is 4.74 Å². The molecule has 1 aliphatic carbocycles. The molecule has 2 aromatic rings. The zero-order valence-corrected chi connectivity index (χ0v) is 20.4. The van der Waals surface area contributed by atoms with E-state index in [1.54, 1.807) is 18.2 Å². The van der Waals surface area contributed by atoms with Gasteiger partial charge >= 0.3 is 18.1 Å². The van der Waals surface area contributed by atoms with Gasteiger partial charge in [-0.15, -0.1) is 0 Å². The van der Waals surface area contributed by atoms with Crippen molar-refractivity contribution in [2.24, 2.45) is 0 Å². The average molecular weight is 525 g/mol. The van der Waals surface area contributed by atoms with Crippen LogP contribution in [-0.4, -0.2) is 64.4 Å². The maximum atomic E-state index is 13.5. The number of likely N-dealkylation sites (tertiary alicyclic amines) is 1. The molecule has 12 heteroatoms. The Morgan fingerprint density at radius 1 is 1.13 bits per heavy atom. The Balaban J connectivity index is 1.38. The topological polar surface area (TPSA) is 145 Å². The second-order valence-electron chi connectivity index (χ2n) is 9.46. The van der Waals surface area contributed by atoms with E-state index in [2.05, 4.69) is 10.6 Å². The van der Waals surface area contributed by atoms with Gasteiger partial charge in [0, 0.05) is 24.7 Å². The van der Waals surface area contributed by atoms with E-state index in [1.165, 1.54) is 31.3 Å². The number of anilines is 1. The van der Waals surface area contributed by atoms with Crippen LogP contribution in [-0.2, 0) is 31.1 Å². The monoisotopic (exact) mass is 524 g/mol. The van der Waals surface area contributed by atoms with Crippen LogP contribution in [0.4, 0.5) is 19.7 Å². The molecular formula is C26H25FN4O7. The molecule has 2 aromatic carbocycles. The smallest absolute Gasteiger partial charge is 0.418 e. The largest absolute Gasteiger partial charge is 0.480 e. The molecule has 2 fully saturated rings. The third-order valence-electron chi connectivity index (χ3n) is 7.35. The first-order valence-electron chi connectivity index (χ1n) is 12.1. The summed E-state index contributed by atoms with van der Waals surface area (Å²) < 4.78 is 19.0. The van der Waals surface area contributed by atoms with Crippen molar-refractivity contribution in [2.75, 3.05) is 18.9 Å². The lowest BCUT2D eigenvalue weighted by atomic mass is 9.94. The molecule has 11 nitrogen and oxygen atoms in total. The highest BCUT2D eigenvalue weighted by Gasteiger charge is 2.59. The molecule has 5 amide bonds. The SMILES string of the molecule is CNC(=O)Nc1ccc2c(c1)CC[C@@]21OC(=O)N(CC(=O)N2[C@@H](C(=O)O)CC[C@@H]2c2ccc(F)cc2)C1=O. The van der Waals surface area contributed by atoms with Crippen LogP contribution in [0.2, 0.25) is 0 Å². The molecule has 2 saturated heterocycles. The summed E-state index contributed by atoms with van der Waals surface area (Å²) in [6.07, 6.45) is 0.0787. The van der Waals surface area contributed by atoms with E-state index in [0.29, 0.717) is 34.6 Å². The zero-order valence-electron chi connectivity index (χ0n) is 20.4. The Bertz CT molecular complexity index is 1350. The normalized spacial score (nSPS) is 23.9. The van der Waals surface area contributed by atoms with Crippen LogP contribution >= 0.6 is 0 Å². The minimum Gasteiger partial charge on any atom is -0.480 e. The number of rotatable bonds is 5. The van der Waals surface area contributed by atoms with Crippen LogP contribution in [0, 0.1) is 5.82 Å². The van der Waals surface area contributed by atoms with Gasteiger partial charge < -0.3 is 25.4 Å². The second-order valence-corrected chi connectivity index (χ2v) is 9.46. The molecular weight excluding hydrogens is 499 g/mol. The van der Waals surface area contributed by atoms with E-state index in [-0.39, 0.29) is 12.8 Å². The molecule has 38 heavy (non-hydrogen) atoms. The van der Waals surface area contributed by atoms with Gasteiger partial charge in [-0.2, -0.15) is 0 Å². The highest BCUT2D eigenvalue weighted by Crippen LogP contribution is 2.46. The Kier molecular flexibility index (Phi) is 6.25. The summed E-state index contributed by atoms with van der Waals surface area (Å²) in [7, 11) is 1.48. The molecule has 0 aromatic heterocycles. The van der Waals surface area contributed by atoms with Crippen LogP contribution in [0.3, 0.4) is 0 Å². The number of nitrogens with zero attached hydrogens (tertiary/aromatic N) is 2. The Morgan fingerprint density at radius 3 is 2.55 bits per heavy atom. The van der Waals surface area contributed by atoms with E-state index in [1.807, 2.05) is 0 Å². The van der Waals surface area contributed by atoms with Crippen molar-refractivity contribution in [3.8, 4) is 0 Å². The number of hydrogen-bond acceptors (Lipinski definition) is 6. The first kappa shape index (κ1) is 25.2. The van der Waals surface area contributed by atoms with Crippen molar-refractivity contribution in [3.05, 3.63) is 65.0 Å². The first-order chi connectivity index (χ1) is 18.1. The Hall–Kier alpha value is -4.48. The summed E-state index contributed by atoms with van der Waals surface area (Å²) in [5.74, 6) is -3.11. The molecule has 5 rings (SSSR count). The van der Waals surface area contributed by atoms with Crippen LogP contribution in [0.25, 0.3) is 0 Å². The Morgan fingerprint density at radius 2 is 1.87 bits per heavy atom. The fraction of sp³-hybridized carbons (Fsp3) is 0.346. The molecule has 3 aliphatic rings. The van der Waals surface area contributed by atoms with Gasteiger partial charge in [0.1, 0.15) is 18.4 Å². The van der Waals surface area contributed by atoms with Gasteiger partial charge in [0.2, 0.25) is 11.5 Å². The molecule has 0 radical (unpaired) electrons. The number of imide groups is 1. The number of amides is 5. The molecule has 0 bridgehead atoms. The van der Waals surface area contributed by atoms with Crippen LogP contribution < -0.4 is 10.6 Å². The van der Waals surface area contributed by atoms with E-state index < -0.39 is 60.0 Å². The van der Waals surface area contributed by atoms with Gasteiger partial charge in [0.25, 0.3) is 5.91 Å². The molecule has 3 N–H and O–H groups in total. The number of aliphatic carboxylic acids is 1. The lowest BCUT2D eigenvalue weighted by Crippen LogP contribution is -2.48. The van der Waals surface area contributed by atoms with Gasteiger partial charge in [0.05, 0.1) is 6.04 Å². The third kappa shape index (κ3) is 4.11. The number of aryl methyl sites for hydroxylation is 1. The van der Waals surface area contributed by atoms with Crippen molar-refractivity contribution in [1.29, 1.82) is 0 Å². The van der Waals surface area contributed by atoms with Gasteiger partial charge in [-0.05, 0) is 54.7 Å². The van der Waals surface area contributed by atoms with Gasteiger partial charge in [-0.1, -0.05) is 18.2 Å². The minimum atomic E-state index is -1.59. The van der Waals surface area contributed by atoms with Crippen molar-refractivity contribution in [2.45, 2.75) is 43.4 Å². The summed E-state index contributed by atoms with van der Waals surface area (Å²) >= 11 is 0. The summed E-state index contributed by atoms with van der Waals surface area (Å²) in [6.45, 7) is -0.688. The number of urea groups is 1. The number of halogens is 1. The summed E-state index contributed by atoms with van der Waals surface area (Å²) in [5.41, 5.74) is 0.661. The van der Waals surface area contributed by atoms with Gasteiger partial charge in [-0.3, -0.25) is 9.59 Å². The molecule has 2 aliphatic heterocycles. The fourth-order valence-electron chi connectivity index (χ4n) is 5.55.